The van der Waals surface area contributed by atoms with Crippen LogP contribution in [0.5, 0.6) is 0 Å². The Morgan fingerprint density at radius 3 is 2.73 bits per heavy atom. The van der Waals surface area contributed by atoms with E-state index < -0.39 is 15.2 Å². The zero-order chi connectivity index (χ0) is 11.3. The van der Waals surface area contributed by atoms with Gasteiger partial charge in [-0.25, -0.2) is 12.7 Å². The predicted octanol–water partition coefficient (Wildman–Crippen LogP) is 0.477. The molecule has 1 aromatic rings. The summed E-state index contributed by atoms with van der Waals surface area (Å²) in [5.74, 6) is 0. The lowest BCUT2D eigenvalue weighted by Gasteiger charge is -2.14. The lowest BCUT2D eigenvalue weighted by atomic mass is 10.3. The normalized spacial score (nSPS) is 11.9. The second kappa shape index (κ2) is 5.39. The van der Waals surface area contributed by atoms with Crippen LogP contribution in [-0.4, -0.2) is 41.5 Å². The van der Waals surface area contributed by atoms with Gasteiger partial charge < -0.3 is 0 Å². The van der Waals surface area contributed by atoms with Crippen LogP contribution < -0.4 is 0 Å². The maximum Gasteiger partial charge on any atom is 0.227 e. The molecule has 0 amide bonds. The number of rotatable bonds is 5. The van der Waals surface area contributed by atoms with Gasteiger partial charge in [-0.05, 0) is 0 Å². The maximum atomic E-state index is 11.3. The standard InChI is InChI=1S/C8H12ClN3O2S/c1-12(15(13,14)7-9)5-2-8-6-10-3-4-11-8/h3-4,6H,2,5,7H2,1H3. The number of alkyl halides is 1. The van der Waals surface area contributed by atoms with E-state index in [1.807, 2.05) is 0 Å². The maximum absolute atomic E-state index is 11.3. The van der Waals surface area contributed by atoms with E-state index in [2.05, 4.69) is 9.97 Å². The molecule has 1 aromatic heterocycles. The lowest BCUT2D eigenvalue weighted by Crippen LogP contribution is -2.29. The molecule has 0 fully saturated rings. The molecule has 1 heterocycles. The van der Waals surface area contributed by atoms with E-state index in [1.165, 1.54) is 11.4 Å². The van der Waals surface area contributed by atoms with Crippen molar-refractivity contribution in [1.82, 2.24) is 14.3 Å². The monoisotopic (exact) mass is 249 g/mol. The van der Waals surface area contributed by atoms with Crippen LogP contribution in [0.1, 0.15) is 5.69 Å². The first-order chi connectivity index (χ1) is 7.06. The van der Waals surface area contributed by atoms with Gasteiger partial charge in [0, 0.05) is 38.6 Å². The van der Waals surface area contributed by atoms with E-state index in [0.717, 1.165) is 5.69 Å². The zero-order valence-electron chi connectivity index (χ0n) is 8.30. The number of sulfonamides is 1. The van der Waals surface area contributed by atoms with Crippen molar-refractivity contribution in [2.75, 3.05) is 18.8 Å². The molecular weight excluding hydrogens is 238 g/mol. The molecule has 0 aromatic carbocycles. The second-order valence-electron chi connectivity index (χ2n) is 2.99. The fourth-order valence-electron chi connectivity index (χ4n) is 0.953. The molecular formula is C8H12ClN3O2S. The fourth-order valence-corrected chi connectivity index (χ4v) is 1.99. The molecule has 0 spiro atoms. The molecule has 0 bridgehead atoms. The summed E-state index contributed by atoms with van der Waals surface area (Å²) in [6.07, 6.45) is 5.29. The van der Waals surface area contributed by atoms with Crippen LogP contribution in [0.25, 0.3) is 0 Å². The van der Waals surface area contributed by atoms with Gasteiger partial charge in [-0.15, -0.1) is 11.6 Å². The molecule has 5 nitrogen and oxygen atoms in total. The minimum atomic E-state index is -3.32. The van der Waals surface area contributed by atoms with Gasteiger partial charge in [0.25, 0.3) is 0 Å². The Morgan fingerprint density at radius 2 is 2.20 bits per heavy atom. The molecule has 0 aliphatic heterocycles. The van der Waals surface area contributed by atoms with Crippen molar-refractivity contribution in [2.45, 2.75) is 6.42 Å². The molecule has 15 heavy (non-hydrogen) atoms. The molecule has 7 heteroatoms. The van der Waals surface area contributed by atoms with Gasteiger partial charge in [0.1, 0.15) is 5.21 Å². The highest BCUT2D eigenvalue weighted by Crippen LogP contribution is 2.02. The van der Waals surface area contributed by atoms with Crippen LogP contribution in [0.2, 0.25) is 0 Å². The molecule has 1 rings (SSSR count). The molecule has 0 atom stereocenters. The minimum absolute atomic E-state index is 0.355. The number of hydrogen-bond acceptors (Lipinski definition) is 4. The van der Waals surface area contributed by atoms with Crippen molar-refractivity contribution in [1.29, 1.82) is 0 Å². The molecule has 0 radical (unpaired) electrons. The van der Waals surface area contributed by atoms with Crippen molar-refractivity contribution in [3.63, 3.8) is 0 Å². The zero-order valence-corrected chi connectivity index (χ0v) is 9.87. The Bertz CT molecular complexity index is 396. The molecule has 0 aliphatic carbocycles. The van der Waals surface area contributed by atoms with Gasteiger partial charge >= 0.3 is 0 Å². The summed E-state index contributed by atoms with van der Waals surface area (Å²) in [6, 6.07) is 0. The smallest absolute Gasteiger partial charge is 0.227 e. The van der Waals surface area contributed by atoms with Crippen LogP contribution in [0.4, 0.5) is 0 Å². The van der Waals surface area contributed by atoms with Crippen LogP contribution in [0, 0.1) is 0 Å². The lowest BCUT2D eigenvalue weighted by molar-refractivity contribution is 0.474. The Hall–Kier alpha value is -0.720. The third-order valence-corrected chi connectivity index (χ3v) is 4.15. The van der Waals surface area contributed by atoms with E-state index in [4.69, 9.17) is 11.6 Å². The van der Waals surface area contributed by atoms with Crippen molar-refractivity contribution in [3.05, 3.63) is 24.3 Å². The average molecular weight is 250 g/mol. The molecule has 0 saturated heterocycles. The van der Waals surface area contributed by atoms with Gasteiger partial charge in [0.05, 0.1) is 5.69 Å². The highest BCUT2D eigenvalue weighted by molar-refractivity contribution is 7.90. The average Bonchev–Trinajstić information content (AvgIpc) is 2.27. The van der Waals surface area contributed by atoms with E-state index in [1.54, 1.807) is 18.6 Å². The van der Waals surface area contributed by atoms with Crippen LogP contribution in [0.15, 0.2) is 18.6 Å². The van der Waals surface area contributed by atoms with E-state index >= 15 is 0 Å². The van der Waals surface area contributed by atoms with Gasteiger partial charge in [-0.2, -0.15) is 0 Å². The summed E-state index contributed by atoms with van der Waals surface area (Å²) < 4.78 is 23.8. The van der Waals surface area contributed by atoms with Gasteiger partial charge in [-0.3, -0.25) is 9.97 Å². The largest absolute Gasteiger partial charge is 0.261 e. The number of hydrogen-bond donors (Lipinski definition) is 0. The molecule has 0 aliphatic rings. The summed E-state index contributed by atoms with van der Waals surface area (Å²) in [4.78, 5) is 7.93. The van der Waals surface area contributed by atoms with Crippen LogP contribution >= 0.6 is 11.6 Å². The summed E-state index contributed by atoms with van der Waals surface area (Å²) in [5, 5.41) is -0.399. The first-order valence-corrected chi connectivity index (χ1v) is 6.45. The Kier molecular flexibility index (Phi) is 4.44. The minimum Gasteiger partial charge on any atom is -0.261 e. The van der Waals surface area contributed by atoms with Crippen molar-refractivity contribution < 1.29 is 8.42 Å². The summed E-state index contributed by atoms with van der Waals surface area (Å²) in [7, 11) is -1.82. The predicted molar refractivity (Wildman–Crippen MR) is 58.0 cm³/mol. The van der Waals surface area contributed by atoms with Gasteiger partial charge in [-0.1, -0.05) is 0 Å². The van der Waals surface area contributed by atoms with E-state index in [9.17, 15) is 8.42 Å². The first-order valence-electron chi connectivity index (χ1n) is 4.31. The molecule has 0 N–H and O–H groups in total. The van der Waals surface area contributed by atoms with Crippen molar-refractivity contribution >= 4 is 21.6 Å². The van der Waals surface area contributed by atoms with Crippen molar-refractivity contribution in [3.8, 4) is 0 Å². The topological polar surface area (TPSA) is 63.2 Å². The Balaban J connectivity index is 2.52. The Labute approximate surface area is 94.2 Å². The summed E-state index contributed by atoms with van der Waals surface area (Å²) in [6.45, 7) is 0.355. The Morgan fingerprint density at radius 1 is 1.47 bits per heavy atom. The highest BCUT2D eigenvalue weighted by atomic mass is 35.5. The van der Waals surface area contributed by atoms with Crippen LogP contribution in [0.3, 0.4) is 0 Å². The van der Waals surface area contributed by atoms with Gasteiger partial charge in [0.2, 0.25) is 10.0 Å². The van der Waals surface area contributed by atoms with Gasteiger partial charge in [0.15, 0.2) is 0 Å². The number of likely N-dealkylation sites (N-methyl/N-ethyl adjacent to an activating group) is 1. The highest BCUT2D eigenvalue weighted by Gasteiger charge is 2.15. The quantitative estimate of drug-likeness (QED) is 0.712. The number of halogens is 1. The molecule has 0 unspecified atom stereocenters. The summed E-state index contributed by atoms with van der Waals surface area (Å²) >= 11 is 5.31. The fraction of sp³-hybridized carbons (Fsp3) is 0.500. The third-order valence-electron chi connectivity index (χ3n) is 1.91. The third kappa shape index (κ3) is 3.73. The summed E-state index contributed by atoms with van der Waals surface area (Å²) in [5.41, 5.74) is 0.758. The van der Waals surface area contributed by atoms with Crippen LogP contribution in [-0.2, 0) is 16.4 Å². The number of aromatic nitrogens is 2. The number of nitrogens with zero attached hydrogens (tertiary/aromatic N) is 3. The first kappa shape index (κ1) is 12.4. The molecule has 84 valence electrons. The van der Waals surface area contributed by atoms with E-state index in [-0.39, 0.29) is 0 Å². The molecule has 0 saturated carbocycles. The van der Waals surface area contributed by atoms with E-state index in [0.29, 0.717) is 13.0 Å². The van der Waals surface area contributed by atoms with Crippen molar-refractivity contribution in [2.24, 2.45) is 0 Å². The second-order valence-corrected chi connectivity index (χ2v) is 5.65. The SMILES string of the molecule is CN(CCc1cnccn1)S(=O)(=O)CCl.